The van der Waals surface area contributed by atoms with Crippen molar-refractivity contribution in [2.24, 2.45) is 5.41 Å². The summed E-state index contributed by atoms with van der Waals surface area (Å²) in [5, 5.41) is 13.7. The SMILES string of the molecule is CC1(C)CCC(Nc2cc([N+](=O)[O-])ccc2F)C1. The van der Waals surface area contributed by atoms with E-state index in [9.17, 15) is 14.5 Å². The van der Waals surface area contributed by atoms with Crippen molar-refractivity contribution >= 4 is 11.4 Å². The minimum absolute atomic E-state index is 0.0869. The van der Waals surface area contributed by atoms with Gasteiger partial charge in [0, 0.05) is 18.2 Å². The lowest BCUT2D eigenvalue weighted by Gasteiger charge is -2.18. The Morgan fingerprint density at radius 1 is 1.50 bits per heavy atom. The van der Waals surface area contributed by atoms with Crippen molar-refractivity contribution in [3.8, 4) is 0 Å². The van der Waals surface area contributed by atoms with Gasteiger partial charge in [0.2, 0.25) is 0 Å². The van der Waals surface area contributed by atoms with E-state index >= 15 is 0 Å². The van der Waals surface area contributed by atoms with Crippen LogP contribution in [-0.2, 0) is 0 Å². The van der Waals surface area contributed by atoms with E-state index < -0.39 is 10.7 Å². The number of halogens is 1. The Morgan fingerprint density at radius 3 is 2.78 bits per heavy atom. The highest BCUT2D eigenvalue weighted by Crippen LogP contribution is 2.38. The highest BCUT2D eigenvalue weighted by Gasteiger charge is 2.31. The Hall–Kier alpha value is -1.65. The third-order valence-electron chi connectivity index (χ3n) is 3.49. The van der Waals surface area contributed by atoms with E-state index in [0.29, 0.717) is 0 Å². The third-order valence-corrected chi connectivity index (χ3v) is 3.49. The fraction of sp³-hybridized carbons (Fsp3) is 0.538. The van der Waals surface area contributed by atoms with Crippen molar-refractivity contribution in [2.45, 2.75) is 39.2 Å². The molecule has 1 atom stereocenters. The van der Waals surface area contributed by atoms with Crippen LogP contribution in [0.1, 0.15) is 33.1 Å². The summed E-state index contributed by atoms with van der Waals surface area (Å²) in [6.07, 6.45) is 3.01. The Morgan fingerprint density at radius 2 is 2.22 bits per heavy atom. The first-order valence-corrected chi connectivity index (χ1v) is 6.08. The molecule has 0 aromatic heterocycles. The van der Waals surface area contributed by atoms with Gasteiger partial charge in [-0.15, -0.1) is 0 Å². The minimum atomic E-state index is -0.511. The quantitative estimate of drug-likeness (QED) is 0.658. The highest BCUT2D eigenvalue weighted by molar-refractivity contribution is 5.53. The van der Waals surface area contributed by atoms with Gasteiger partial charge in [-0.25, -0.2) is 4.39 Å². The topological polar surface area (TPSA) is 55.2 Å². The Kier molecular flexibility index (Phi) is 3.24. The molecule has 0 bridgehead atoms. The first-order chi connectivity index (χ1) is 8.37. The summed E-state index contributed by atoms with van der Waals surface area (Å²) in [6, 6.07) is 3.77. The number of non-ortho nitro benzene ring substituents is 1. The molecule has 0 aliphatic heterocycles. The van der Waals surface area contributed by atoms with Crippen LogP contribution in [0.25, 0.3) is 0 Å². The fourth-order valence-electron chi connectivity index (χ4n) is 2.52. The average molecular weight is 252 g/mol. The fourth-order valence-corrected chi connectivity index (χ4v) is 2.52. The first-order valence-electron chi connectivity index (χ1n) is 6.08. The number of nitro benzene ring substituents is 1. The van der Waals surface area contributed by atoms with Gasteiger partial charge in [0.15, 0.2) is 0 Å². The van der Waals surface area contributed by atoms with Crippen molar-refractivity contribution in [1.82, 2.24) is 0 Å². The number of nitro groups is 1. The molecular weight excluding hydrogens is 235 g/mol. The molecule has 0 amide bonds. The molecule has 4 nitrogen and oxygen atoms in total. The van der Waals surface area contributed by atoms with Crippen LogP contribution in [0.5, 0.6) is 0 Å². The molecule has 18 heavy (non-hydrogen) atoms. The predicted molar refractivity (Wildman–Crippen MR) is 68.1 cm³/mol. The molecule has 1 aliphatic carbocycles. The minimum Gasteiger partial charge on any atom is -0.380 e. The van der Waals surface area contributed by atoms with Crippen LogP contribution in [0.2, 0.25) is 0 Å². The van der Waals surface area contributed by atoms with E-state index in [1.165, 1.54) is 12.1 Å². The van der Waals surface area contributed by atoms with Gasteiger partial charge in [-0.2, -0.15) is 0 Å². The second-order valence-corrected chi connectivity index (χ2v) is 5.67. The van der Waals surface area contributed by atoms with Gasteiger partial charge in [0.05, 0.1) is 10.6 Å². The molecule has 1 fully saturated rings. The van der Waals surface area contributed by atoms with E-state index in [1.54, 1.807) is 0 Å². The number of rotatable bonds is 3. The van der Waals surface area contributed by atoms with Crippen molar-refractivity contribution in [1.29, 1.82) is 0 Å². The van der Waals surface area contributed by atoms with E-state index in [2.05, 4.69) is 19.2 Å². The van der Waals surface area contributed by atoms with Crippen LogP contribution in [0.3, 0.4) is 0 Å². The molecule has 1 aromatic carbocycles. The van der Waals surface area contributed by atoms with Gasteiger partial charge in [-0.05, 0) is 30.7 Å². The molecule has 1 unspecified atom stereocenters. The summed E-state index contributed by atoms with van der Waals surface area (Å²) in [5.41, 5.74) is 0.401. The molecule has 5 heteroatoms. The summed E-state index contributed by atoms with van der Waals surface area (Å²) in [6.45, 7) is 4.36. The number of anilines is 1. The smallest absolute Gasteiger partial charge is 0.271 e. The molecule has 0 spiro atoms. The van der Waals surface area contributed by atoms with Crippen LogP contribution in [0.15, 0.2) is 18.2 Å². The highest BCUT2D eigenvalue weighted by atomic mass is 19.1. The normalized spacial score (nSPS) is 21.8. The van der Waals surface area contributed by atoms with E-state index in [0.717, 1.165) is 25.3 Å². The number of benzene rings is 1. The lowest BCUT2D eigenvalue weighted by atomic mass is 9.92. The molecule has 1 N–H and O–H groups in total. The van der Waals surface area contributed by atoms with Gasteiger partial charge in [0.25, 0.3) is 5.69 Å². The molecular formula is C13H17FN2O2. The van der Waals surface area contributed by atoms with Gasteiger partial charge in [0.1, 0.15) is 5.82 Å². The van der Waals surface area contributed by atoms with Crippen molar-refractivity contribution in [3.05, 3.63) is 34.1 Å². The zero-order chi connectivity index (χ0) is 13.3. The Labute approximate surface area is 105 Å². The average Bonchev–Trinajstić information content (AvgIpc) is 2.61. The number of hydrogen-bond acceptors (Lipinski definition) is 3. The molecule has 98 valence electrons. The van der Waals surface area contributed by atoms with Crippen LogP contribution < -0.4 is 5.32 Å². The van der Waals surface area contributed by atoms with Crippen LogP contribution >= 0.6 is 0 Å². The maximum Gasteiger partial charge on any atom is 0.271 e. The predicted octanol–water partition coefficient (Wildman–Crippen LogP) is 3.72. The standard InChI is InChI=1S/C13H17FN2O2/c1-13(2)6-5-9(8-13)15-12-7-10(16(17)18)3-4-11(12)14/h3-4,7,9,15H,5-6,8H2,1-2H3. The van der Waals surface area contributed by atoms with E-state index in [1.807, 2.05) is 0 Å². The van der Waals surface area contributed by atoms with E-state index in [-0.39, 0.29) is 22.8 Å². The number of nitrogens with one attached hydrogen (secondary N) is 1. The van der Waals surface area contributed by atoms with Gasteiger partial charge in [-0.3, -0.25) is 10.1 Å². The molecule has 0 radical (unpaired) electrons. The molecule has 0 saturated heterocycles. The monoisotopic (exact) mass is 252 g/mol. The van der Waals surface area contributed by atoms with Gasteiger partial charge in [-0.1, -0.05) is 13.8 Å². The number of hydrogen-bond donors (Lipinski definition) is 1. The largest absolute Gasteiger partial charge is 0.380 e. The Bertz CT molecular complexity index is 474. The zero-order valence-corrected chi connectivity index (χ0v) is 10.6. The van der Waals surface area contributed by atoms with Gasteiger partial charge < -0.3 is 5.32 Å². The summed E-state index contributed by atoms with van der Waals surface area (Å²) in [5.74, 6) is -0.440. The summed E-state index contributed by atoms with van der Waals surface area (Å²) < 4.78 is 13.6. The molecule has 2 rings (SSSR count). The molecule has 1 saturated carbocycles. The second kappa shape index (κ2) is 4.55. The van der Waals surface area contributed by atoms with Gasteiger partial charge >= 0.3 is 0 Å². The molecule has 0 heterocycles. The van der Waals surface area contributed by atoms with Crippen molar-refractivity contribution in [3.63, 3.8) is 0 Å². The maximum atomic E-state index is 13.6. The molecule has 1 aliphatic rings. The van der Waals surface area contributed by atoms with Crippen molar-refractivity contribution < 1.29 is 9.31 Å². The summed E-state index contributed by atoms with van der Waals surface area (Å²) >= 11 is 0. The number of nitrogens with zero attached hydrogens (tertiary/aromatic N) is 1. The third kappa shape index (κ3) is 2.78. The summed E-state index contributed by atoms with van der Waals surface area (Å²) in [7, 11) is 0. The van der Waals surface area contributed by atoms with Crippen molar-refractivity contribution in [2.75, 3.05) is 5.32 Å². The lowest BCUT2D eigenvalue weighted by Crippen LogP contribution is -2.18. The van der Waals surface area contributed by atoms with Crippen LogP contribution in [0, 0.1) is 21.3 Å². The van der Waals surface area contributed by atoms with Crippen LogP contribution in [0.4, 0.5) is 15.8 Å². The zero-order valence-electron chi connectivity index (χ0n) is 10.6. The van der Waals surface area contributed by atoms with E-state index in [4.69, 9.17) is 0 Å². The summed E-state index contributed by atoms with van der Waals surface area (Å²) in [4.78, 5) is 10.1. The second-order valence-electron chi connectivity index (χ2n) is 5.67. The maximum absolute atomic E-state index is 13.6. The lowest BCUT2D eigenvalue weighted by molar-refractivity contribution is -0.384. The Balaban J connectivity index is 2.14. The van der Waals surface area contributed by atoms with Crippen LogP contribution in [-0.4, -0.2) is 11.0 Å². The molecule has 1 aromatic rings. The first kappa shape index (κ1) is 12.8.